The Kier molecular flexibility index (Phi) is 11.8. The summed E-state index contributed by atoms with van der Waals surface area (Å²) in [4.78, 5) is 31.3. The minimum absolute atomic E-state index is 0.0517. The lowest BCUT2D eigenvalue weighted by molar-refractivity contribution is -0.142. The molecular formula is C31H39Cl2F3N4O3. The van der Waals surface area contributed by atoms with Crippen LogP contribution in [0.2, 0.25) is 10.0 Å². The standard InChI is InChI=1S/C31H39Cl2F3N4O3/c1-20(19-43-2)38-18-22-15-23(31(34,35)36)7-9-28(22)39-11-13-40(14-12-39)30(42)25(29(41)27-5-3-4-10-37-27)16-21-6-8-24(32)17-26(21)33/h6-9,15,17,20,25,27,37-38H,3-5,10-14,16,18-19H2,1-2H3. The number of nitrogens with one attached hydrogen (secondary N) is 2. The monoisotopic (exact) mass is 642 g/mol. The Bertz CT molecular complexity index is 1270. The number of alkyl halides is 3. The molecule has 2 N–H and O–H groups in total. The van der Waals surface area contributed by atoms with Gasteiger partial charge < -0.3 is 25.2 Å². The summed E-state index contributed by atoms with van der Waals surface area (Å²) in [6.45, 7) is 4.80. The average Bonchev–Trinajstić information content (AvgIpc) is 2.99. The van der Waals surface area contributed by atoms with Crippen LogP contribution in [0.3, 0.4) is 0 Å². The zero-order valence-electron chi connectivity index (χ0n) is 24.5. The molecule has 3 atom stereocenters. The molecule has 236 valence electrons. The van der Waals surface area contributed by atoms with Crippen molar-refractivity contribution >= 4 is 40.6 Å². The number of ketones is 1. The topological polar surface area (TPSA) is 73.9 Å². The predicted molar refractivity (Wildman–Crippen MR) is 163 cm³/mol. The van der Waals surface area contributed by atoms with Crippen molar-refractivity contribution in [1.82, 2.24) is 15.5 Å². The first-order chi connectivity index (χ1) is 20.5. The van der Waals surface area contributed by atoms with Gasteiger partial charge in [-0.05, 0) is 74.2 Å². The molecule has 1 amide bonds. The number of hydrogen-bond donors (Lipinski definition) is 2. The van der Waals surface area contributed by atoms with Crippen molar-refractivity contribution in [3.05, 3.63) is 63.1 Å². The molecule has 2 heterocycles. The van der Waals surface area contributed by atoms with Gasteiger partial charge in [-0.1, -0.05) is 35.7 Å². The first-order valence-corrected chi connectivity index (χ1v) is 15.4. The molecule has 0 bridgehead atoms. The molecule has 2 fully saturated rings. The van der Waals surface area contributed by atoms with E-state index in [-0.39, 0.29) is 30.7 Å². The number of halogens is 5. The molecule has 2 aliphatic rings. The number of piperazine rings is 1. The van der Waals surface area contributed by atoms with E-state index in [9.17, 15) is 22.8 Å². The second kappa shape index (κ2) is 15.1. The number of carbonyl (C=O) groups is 2. The van der Waals surface area contributed by atoms with Crippen LogP contribution in [0.25, 0.3) is 0 Å². The molecule has 43 heavy (non-hydrogen) atoms. The van der Waals surface area contributed by atoms with Gasteiger partial charge in [-0.15, -0.1) is 0 Å². The number of methoxy groups -OCH3 is 1. The Morgan fingerprint density at radius 3 is 2.44 bits per heavy atom. The van der Waals surface area contributed by atoms with Gasteiger partial charge in [-0.2, -0.15) is 13.2 Å². The molecule has 0 aromatic heterocycles. The SMILES string of the molecule is COCC(C)NCc1cc(C(F)(F)F)ccc1N1CCN(C(=O)C(Cc2ccc(Cl)cc2Cl)C(=O)C2CCCCN2)CC1. The highest BCUT2D eigenvalue weighted by Gasteiger charge is 2.37. The molecule has 2 aromatic rings. The molecule has 2 aromatic carbocycles. The van der Waals surface area contributed by atoms with Crippen LogP contribution in [0, 0.1) is 5.92 Å². The molecule has 0 spiro atoms. The molecule has 4 rings (SSSR count). The summed E-state index contributed by atoms with van der Waals surface area (Å²) >= 11 is 12.5. The fraction of sp³-hybridized carbons (Fsp3) is 0.548. The highest BCUT2D eigenvalue weighted by molar-refractivity contribution is 6.35. The van der Waals surface area contributed by atoms with Crippen LogP contribution in [-0.4, -0.2) is 75.1 Å². The number of nitrogens with zero attached hydrogens (tertiary/aromatic N) is 2. The summed E-state index contributed by atoms with van der Waals surface area (Å²) in [5.41, 5.74) is 1.17. The second-order valence-corrected chi connectivity index (χ2v) is 12.1. The molecule has 7 nitrogen and oxygen atoms in total. The first kappa shape index (κ1) is 33.5. The number of hydrogen-bond acceptors (Lipinski definition) is 6. The van der Waals surface area contributed by atoms with Crippen molar-refractivity contribution in [3.63, 3.8) is 0 Å². The Morgan fingerprint density at radius 2 is 1.81 bits per heavy atom. The second-order valence-electron chi connectivity index (χ2n) is 11.3. The van der Waals surface area contributed by atoms with E-state index in [1.807, 2.05) is 11.8 Å². The fourth-order valence-electron chi connectivity index (χ4n) is 5.75. The Balaban J connectivity index is 1.50. The first-order valence-electron chi connectivity index (χ1n) is 14.6. The summed E-state index contributed by atoms with van der Waals surface area (Å²) in [5.74, 6) is -1.31. The van der Waals surface area contributed by atoms with Crippen molar-refractivity contribution in [1.29, 1.82) is 0 Å². The van der Waals surface area contributed by atoms with Gasteiger partial charge in [-0.3, -0.25) is 9.59 Å². The van der Waals surface area contributed by atoms with Crippen molar-refractivity contribution in [2.24, 2.45) is 5.92 Å². The van der Waals surface area contributed by atoms with Gasteiger partial charge in [0.15, 0.2) is 5.78 Å². The summed E-state index contributed by atoms with van der Waals surface area (Å²) in [7, 11) is 1.57. The van der Waals surface area contributed by atoms with E-state index >= 15 is 0 Å². The van der Waals surface area contributed by atoms with Crippen LogP contribution in [-0.2, 0) is 33.5 Å². The lowest BCUT2D eigenvalue weighted by Crippen LogP contribution is -2.54. The molecule has 12 heteroatoms. The van der Waals surface area contributed by atoms with E-state index in [1.54, 1.807) is 30.2 Å². The van der Waals surface area contributed by atoms with Crippen molar-refractivity contribution in [3.8, 4) is 0 Å². The normalized spacial score (nSPS) is 19.3. The minimum atomic E-state index is -4.46. The number of piperidine rings is 1. The van der Waals surface area contributed by atoms with Gasteiger partial charge >= 0.3 is 6.18 Å². The lowest BCUT2D eigenvalue weighted by Gasteiger charge is -2.39. The quantitative estimate of drug-likeness (QED) is 0.322. The summed E-state index contributed by atoms with van der Waals surface area (Å²) in [6, 6.07) is 8.38. The van der Waals surface area contributed by atoms with E-state index in [1.165, 1.54) is 12.1 Å². The number of anilines is 1. The number of ether oxygens (including phenoxy) is 1. The van der Waals surface area contributed by atoms with Crippen LogP contribution in [0.4, 0.5) is 18.9 Å². The van der Waals surface area contributed by atoms with E-state index in [2.05, 4.69) is 10.6 Å². The van der Waals surface area contributed by atoms with Gasteiger partial charge in [-0.25, -0.2) is 0 Å². The molecule has 2 aliphatic heterocycles. The maximum atomic E-state index is 13.9. The maximum absolute atomic E-state index is 13.9. The molecule has 0 aliphatic carbocycles. The molecule has 2 saturated heterocycles. The highest BCUT2D eigenvalue weighted by atomic mass is 35.5. The Morgan fingerprint density at radius 1 is 1.07 bits per heavy atom. The fourth-order valence-corrected chi connectivity index (χ4v) is 6.23. The van der Waals surface area contributed by atoms with Crippen LogP contribution in [0.1, 0.15) is 42.9 Å². The maximum Gasteiger partial charge on any atom is 0.416 e. The smallest absolute Gasteiger partial charge is 0.383 e. The van der Waals surface area contributed by atoms with Gasteiger partial charge in [0.2, 0.25) is 5.91 Å². The van der Waals surface area contributed by atoms with Crippen LogP contribution in [0.15, 0.2) is 36.4 Å². The van der Waals surface area contributed by atoms with E-state index in [0.29, 0.717) is 66.1 Å². The average molecular weight is 644 g/mol. The third kappa shape index (κ3) is 8.85. The number of benzene rings is 2. The van der Waals surface area contributed by atoms with Crippen molar-refractivity contribution in [2.75, 3.05) is 51.3 Å². The van der Waals surface area contributed by atoms with Gasteiger partial charge in [0.05, 0.1) is 18.2 Å². The Labute approximate surface area is 261 Å². The van der Waals surface area contributed by atoms with Crippen LogP contribution in [0.5, 0.6) is 0 Å². The zero-order chi connectivity index (χ0) is 31.1. The molecule has 0 radical (unpaired) electrons. The van der Waals surface area contributed by atoms with E-state index in [0.717, 1.165) is 25.5 Å². The molecule has 0 saturated carbocycles. The number of carbonyl (C=O) groups excluding carboxylic acids is 2. The zero-order valence-corrected chi connectivity index (χ0v) is 26.0. The third-order valence-corrected chi connectivity index (χ3v) is 8.72. The third-order valence-electron chi connectivity index (χ3n) is 8.13. The largest absolute Gasteiger partial charge is 0.416 e. The summed E-state index contributed by atoms with van der Waals surface area (Å²) < 4.78 is 45.7. The lowest BCUT2D eigenvalue weighted by atomic mass is 9.87. The molecule has 3 unspecified atom stereocenters. The van der Waals surface area contributed by atoms with Crippen LogP contribution >= 0.6 is 23.2 Å². The number of rotatable bonds is 11. The number of Topliss-reactive ketones (excluding diaryl/α,β-unsaturated/α-hetero) is 1. The highest BCUT2D eigenvalue weighted by Crippen LogP contribution is 2.34. The van der Waals surface area contributed by atoms with Gasteiger partial charge in [0, 0.05) is 61.6 Å². The van der Waals surface area contributed by atoms with Crippen molar-refractivity contribution < 1.29 is 27.5 Å². The molecular weight excluding hydrogens is 604 g/mol. The minimum Gasteiger partial charge on any atom is -0.383 e. The van der Waals surface area contributed by atoms with Gasteiger partial charge in [0.1, 0.15) is 5.92 Å². The van der Waals surface area contributed by atoms with E-state index in [4.69, 9.17) is 27.9 Å². The van der Waals surface area contributed by atoms with E-state index < -0.39 is 23.7 Å². The summed E-state index contributed by atoms with van der Waals surface area (Å²) in [5, 5.41) is 7.37. The van der Waals surface area contributed by atoms with Gasteiger partial charge in [0.25, 0.3) is 0 Å². The Hall–Kier alpha value is -2.37. The van der Waals surface area contributed by atoms with Crippen LogP contribution < -0.4 is 15.5 Å². The number of amides is 1. The predicted octanol–water partition coefficient (Wildman–Crippen LogP) is 5.36. The summed E-state index contributed by atoms with van der Waals surface area (Å²) in [6.07, 6.45) is -1.71. The van der Waals surface area contributed by atoms with Crippen molar-refractivity contribution in [2.45, 2.75) is 57.4 Å².